The van der Waals surface area contributed by atoms with Crippen molar-refractivity contribution < 1.29 is 0 Å². The molecule has 4 aromatic rings. The lowest BCUT2D eigenvalue weighted by atomic mass is 9.79. The highest BCUT2D eigenvalue weighted by Gasteiger charge is 2.32. The van der Waals surface area contributed by atoms with Gasteiger partial charge in [-0.3, -0.25) is 4.57 Å². The second-order valence-electron chi connectivity index (χ2n) is 16.4. The summed E-state index contributed by atoms with van der Waals surface area (Å²) in [5.74, 6) is 1.92. The quantitative estimate of drug-likeness (QED) is 0.228. The average Bonchev–Trinajstić information content (AvgIpc) is 3.33. The molecular formula is C40H55N3. The van der Waals surface area contributed by atoms with E-state index in [0.29, 0.717) is 0 Å². The first-order valence-electron chi connectivity index (χ1n) is 16.1. The summed E-state index contributed by atoms with van der Waals surface area (Å²) in [7, 11) is 0. The first kappa shape index (κ1) is 32.7. The van der Waals surface area contributed by atoms with Gasteiger partial charge in [0.2, 0.25) is 0 Å². The molecule has 0 aliphatic heterocycles. The Kier molecular flexibility index (Phi) is 8.66. The van der Waals surface area contributed by atoms with Crippen molar-refractivity contribution in [2.24, 2.45) is 0 Å². The van der Waals surface area contributed by atoms with E-state index in [4.69, 9.17) is 10.2 Å². The molecule has 0 saturated heterocycles. The fourth-order valence-electron chi connectivity index (χ4n) is 6.34. The van der Waals surface area contributed by atoms with E-state index in [1.54, 1.807) is 0 Å². The number of hydrogen-bond donors (Lipinski definition) is 0. The maximum Gasteiger partial charge on any atom is 0.168 e. The summed E-state index contributed by atoms with van der Waals surface area (Å²) in [6.07, 6.45) is 2.12. The van der Waals surface area contributed by atoms with E-state index >= 15 is 0 Å². The number of aryl methyl sites for hydroxylation is 2. The van der Waals surface area contributed by atoms with E-state index in [1.165, 1.54) is 44.6 Å². The predicted molar refractivity (Wildman–Crippen MR) is 186 cm³/mol. The molecule has 3 heteroatoms. The first-order chi connectivity index (χ1) is 19.8. The Morgan fingerprint density at radius 3 is 1.74 bits per heavy atom. The lowest BCUT2D eigenvalue weighted by Crippen LogP contribution is -2.25. The molecule has 1 aromatic heterocycles. The number of nitrogens with zero attached hydrogens (tertiary/aromatic N) is 3. The molecule has 0 amide bonds. The van der Waals surface area contributed by atoms with Crippen LogP contribution in [-0.4, -0.2) is 14.8 Å². The monoisotopic (exact) mass is 577 g/mol. The van der Waals surface area contributed by atoms with Crippen molar-refractivity contribution in [3.8, 4) is 28.2 Å². The largest absolute Gasteiger partial charge is 0.278 e. The van der Waals surface area contributed by atoms with E-state index in [-0.39, 0.29) is 21.7 Å². The summed E-state index contributed by atoms with van der Waals surface area (Å²) >= 11 is 0. The van der Waals surface area contributed by atoms with Crippen LogP contribution in [0.1, 0.15) is 130 Å². The molecule has 0 N–H and O–H groups in total. The molecule has 4 rings (SSSR count). The molecule has 0 radical (unpaired) electrons. The molecule has 230 valence electrons. The van der Waals surface area contributed by atoms with Gasteiger partial charge in [-0.15, -0.1) is 10.2 Å². The van der Waals surface area contributed by atoms with Crippen LogP contribution in [0.5, 0.6) is 0 Å². The van der Waals surface area contributed by atoms with Gasteiger partial charge in [0.25, 0.3) is 0 Å². The van der Waals surface area contributed by atoms with Gasteiger partial charge < -0.3 is 0 Å². The summed E-state index contributed by atoms with van der Waals surface area (Å²) in [5.41, 5.74) is 11.4. The van der Waals surface area contributed by atoms with E-state index in [1.807, 2.05) is 0 Å². The molecule has 0 aliphatic rings. The van der Waals surface area contributed by atoms with Crippen molar-refractivity contribution in [2.45, 2.75) is 131 Å². The van der Waals surface area contributed by atoms with Gasteiger partial charge in [0.05, 0.1) is 5.69 Å². The molecule has 1 heterocycles. The lowest BCUT2D eigenvalue weighted by molar-refractivity contribution is 0.436. The van der Waals surface area contributed by atoms with E-state index in [0.717, 1.165) is 30.1 Å². The molecule has 0 aliphatic carbocycles. The van der Waals surface area contributed by atoms with Crippen molar-refractivity contribution in [1.29, 1.82) is 0 Å². The smallest absolute Gasteiger partial charge is 0.168 e. The Bertz CT molecular complexity index is 1590. The van der Waals surface area contributed by atoms with Crippen LogP contribution in [-0.2, 0) is 21.7 Å². The predicted octanol–water partition coefficient (Wildman–Crippen LogP) is 11.2. The van der Waals surface area contributed by atoms with Crippen LogP contribution >= 0.6 is 0 Å². The standard InChI is InChI=1S/C40H55N3/c1-15-21-40(13,14)36-42-41-35(43(36)33-20-19-30(37(4,5)6)25-32(33)39(10,11)12)29-18-16-17-28(24-29)34-26(2)22-31(23-27(34)3)38(7,8)9/h16-20,22-25H,15,21H2,1-14H3. The zero-order valence-electron chi connectivity index (χ0n) is 29.5. The third-order valence-corrected chi connectivity index (χ3v) is 8.86. The molecular weight excluding hydrogens is 522 g/mol. The Labute approximate surface area is 262 Å². The zero-order valence-corrected chi connectivity index (χ0v) is 29.5. The van der Waals surface area contributed by atoms with Crippen molar-refractivity contribution in [3.05, 3.63) is 88.2 Å². The number of aromatic nitrogens is 3. The van der Waals surface area contributed by atoms with Crippen LogP contribution in [0.4, 0.5) is 0 Å². The zero-order chi connectivity index (χ0) is 32.1. The summed E-state index contributed by atoms with van der Waals surface area (Å²) in [4.78, 5) is 0. The van der Waals surface area contributed by atoms with Crippen LogP contribution < -0.4 is 0 Å². The van der Waals surface area contributed by atoms with E-state index in [9.17, 15) is 0 Å². The van der Waals surface area contributed by atoms with E-state index < -0.39 is 0 Å². The molecule has 0 fully saturated rings. The van der Waals surface area contributed by atoms with Gasteiger partial charge in [0, 0.05) is 11.0 Å². The van der Waals surface area contributed by atoms with Crippen LogP contribution in [0, 0.1) is 13.8 Å². The molecule has 0 unspecified atom stereocenters. The van der Waals surface area contributed by atoms with Gasteiger partial charge >= 0.3 is 0 Å². The van der Waals surface area contributed by atoms with Crippen molar-refractivity contribution in [2.75, 3.05) is 0 Å². The molecule has 3 nitrogen and oxygen atoms in total. The van der Waals surface area contributed by atoms with Crippen LogP contribution in [0.2, 0.25) is 0 Å². The summed E-state index contributed by atoms with van der Waals surface area (Å²) < 4.78 is 2.37. The number of benzene rings is 3. The van der Waals surface area contributed by atoms with Crippen LogP contribution in [0.15, 0.2) is 54.6 Å². The van der Waals surface area contributed by atoms with Crippen molar-refractivity contribution >= 4 is 0 Å². The third-order valence-electron chi connectivity index (χ3n) is 8.86. The fourth-order valence-corrected chi connectivity index (χ4v) is 6.34. The number of rotatable bonds is 6. The van der Waals surface area contributed by atoms with Crippen LogP contribution in [0.3, 0.4) is 0 Å². The highest BCUT2D eigenvalue weighted by Crippen LogP contribution is 2.40. The van der Waals surface area contributed by atoms with Gasteiger partial charge in [0.15, 0.2) is 5.82 Å². The fraction of sp³-hybridized carbons (Fsp3) is 0.500. The molecule has 0 spiro atoms. The maximum atomic E-state index is 4.94. The first-order valence-corrected chi connectivity index (χ1v) is 16.1. The Hall–Kier alpha value is -3.20. The van der Waals surface area contributed by atoms with Gasteiger partial charge in [-0.2, -0.15) is 0 Å². The summed E-state index contributed by atoms with van der Waals surface area (Å²) in [6.45, 7) is 32.0. The molecule has 0 atom stereocenters. The highest BCUT2D eigenvalue weighted by atomic mass is 15.3. The minimum absolute atomic E-state index is 0.0603. The minimum atomic E-state index is -0.134. The second-order valence-corrected chi connectivity index (χ2v) is 16.4. The lowest BCUT2D eigenvalue weighted by Gasteiger charge is -2.30. The second kappa shape index (κ2) is 11.4. The van der Waals surface area contributed by atoms with Crippen LogP contribution in [0.25, 0.3) is 28.2 Å². The van der Waals surface area contributed by atoms with Gasteiger partial charge in [-0.05, 0) is 87.6 Å². The summed E-state index contributed by atoms with van der Waals surface area (Å²) in [5, 5.41) is 9.89. The van der Waals surface area contributed by atoms with Gasteiger partial charge in [-0.25, -0.2) is 0 Å². The average molecular weight is 578 g/mol. The summed E-state index contributed by atoms with van der Waals surface area (Å²) in [6, 6.07) is 20.6. The minimum Gasteiger partial charge on any atom is -0.278 e. The number of hydrogen-bond acceptors (Lipinski definition) is 2. The Balaban J connectivity index is 2.00. The molecule has 0 saturated carbocycles. The topological polar surface area (TPSA) is 30.7 Å². The third kappa shape index (κ3) is 6.66. The highest BCUT2D eigenvalue weighted by molar-refractivity contribution is 5.76. The Morgan fingerprint density at radius 2 is 1.21 bits per heavy atom. The molecule has 0 bridgehead atoms. The van der Waals surface area contributed by atoms with Gasteiger partial charge in [-0.1, -0.05) is 132 Å². The van der Waals surface area contributed by atoms with E-state index in [2.05, 4.69) is 156 Å². The SMILES string of the molecule is CCCC(C)(C)c1nnc(-c2cccc(-c3c(C)cc(C(C)(C)C)cc3C)c2)n1-c1ccc(C(C)(C)C)cc1C(C)(C)C. The van der Waals surface area contributed by atoms with Crippen molar-refractivity contribution in [1.82, 2.24) is 14.8 Å². The normalized spacial score (nSPS) is 13.1. The molecule has 43 heavy (non-hydrogen) atoms. The molecule has 3 aromatic carbocycles. The Morgan fingerprint density at radius 1 is 0.628 bits per heavy atom. The van der Waals surface area contributed by atoms with Gasteiger partial charge in [0.1, 0.15) is 5.82 Å². The van der Waals surface area contributed by atoms with Crippen molar-refractivity contribution in [3.63, 3.8) is 0 Å². The maximum absolute atomic E-state index is 4.94.